The number of hydrogen-bond donors (Lipinski definition) is 2. The third-order valence-electron chi connectivity index (χ3n) is 2.22. The number of rotatable bonds is 3. The minimum Gasteiger partial charge on any atom is -0.508 e. The van der Waals surface area contributed by atoms with Gasteiger partial charge in [-0.2, -0.15) is 0 Å². The Morgan fingerprint density at radius 1 is 1.20 bits per heavy atom. The van der Waals surface area contributed by atoms with Gasteiger partial charge in [0.15, 0.2) is 0 Å². The normalized spacial score (nSPS) is 12.3. The third kappa shape index (κ3) is 2.31. The second-order valence-corrected chi connectivity index (χ2v) is 3.43. The molecule has 1 atom stereocenters. The monoisotopic (exact) mass is 203 g/mol. The van der Waals surface area contributed by atoms with E-state index in [2.05, 4.69) is 5.32 Å². The number of nitrogens with one attached hydrogen (secondary N) is 1. The summed E-state index contributed by atoms with van der Waals surface area (Å²) in [5.74, 6) is 1.16. The maximum absolute atomic E-state index is 9.13. The number of benzene rings is 1. The number of phenols is 1. The van der Waals surface area contributed by atoms with E-state index < -0.39 is 0 Å². The average Bonchev–Trinajstić information content (AvgIpc) is 2.74. The van der Waals surface area contributed by atoms with Crippen LogP contribution in [0.3, 0.4) is 0 Å². The second kappa shape index (κ2) is 4.09. The molecule has 78 valence electrons. The van der Waals surface area contributed by atoms with Gasteiger partial charge in [-0.25, -0.2) is 0 Å². The number of aromatic hydroxyl groups is 1. The van der Waals surface area contributed by atoms with Crippen LogP contribution in [0.5, 0.6) is 5.75 Å². The van der Waals surface area contributed by atoms with Crippen LogP contribution in [-0.4, -0.2) is 5.11 Å². The Kier molecular flexibility index (Phi) is 2.63. The van der Waals surface area contributed by atoms with Crippen LogP contribution in [0.4, 0.5) is 5.69 Å². The first-order chi connectivity index (χ1) is 7.25. The molecular weight excluding hydrogens is 190 g/mol. The number of hydrogen-bond acceptors (Lipinski definition) is 3. The molecule has 1 unspecified atom stereocenters. The van der Waals surface area contributed by atoms with E-state index in [9.17, 15) is 0 Å². The minimum atomic E-state index is 0.115. The van der Waals surface area contributed by atoms with E-state index in [1.165, 1.54) is 0 Å². The van der Waals surface area contributed by atoms with Crippen molar-refractivity contribution in [2.24, 2.45) is 0 Å². The predicted octanol–water partition coefficient (Wildman–Crippen LogP) is 3.16. The fraction of sp³-hybridized carbons (Fsp3) is 0.167. The van der Waals surface area contributed by atoms with E-state index in [0.29, 0.717) is 0 Å². The van der Waals surface area contributed by atoms with Crippen molar-refractivity contribution in [2.75, 3.05) is 5.32 Å². The van der Waals surface area contributed by atoms with E-state index in [-0.39, 0.29) is 11.8 Å². The molecule has 0 aliphatic carbocycles. The lowest BCUT2D eigenvalue weighted by Gasteiger charge is -2.12. The summed E-state index contributed by atoms with van der Waals surface area (Å²) < 4.78 is 5.28. The molecule has 0 spiro atoms. The Balaban J connectivity index is 2.06. The van der Waals surface area contributed by atoms with E-state index >= 15 is 0 Å². The molecule has 1 aromatic heterocycles. The molecule has 2 rings (SSSR count). The van der Waals surface area contributed by atoms with Gasteiger partial charge in [0, 0.05) is 5.69 Å². The molecule has 0 saturated heterocycles. The first-order valence-corrected chi connectivity index (χ1v) is 4.84. The molecule has 2 aromatic rings. The average molecular weight is 203 g/mol. The molecule has 0 fully saturated rings. The zero-order valence-corrected chi connectivity index (χ0v) is 8.47. The lowest BCUT2D eigenvalue weighted by Crippen LogP contribution is -2.04. The van der Waals surface area contributed by atoms with Crippen molar-refractivity contribution in [3.63, 3.8) is 0 Å². The molecule has 0 saturated carbocycles. The van der Waals surface area contributed by atoms with Gasteiger partial charge in [-0.15, -0.1) is 0 Å². The van der Waals surface area contributed by atoms with Crippen molar-refractivity contribution in [3.05, 3.63) is 48.4 Å². The summed E-state index contributed by atoms with van der Waals surface area (Å²) in [7, 11) is 0. The van der Waals surface area contributed by atoms with Crippen LogP contribution >= 0.6 is 0 Å². The highest BCUT2D eigenvalue weighted by Gasteiger charge is 2.07. The van der Waals surface area contributed by atoms with Crippen LogP contribution in [0.1, 0.15) is 18.7 Å². The summed E-state index contributed by atoms with van der Waals surface area (Å²) >= 11 is 0. The summed E-state index contributed by atoms with van der Waals surface area (Å²) in [6.07, 6.45) is 1.66. The summed E-state index contributed by atoms with van der Waals surface area (Å²) in [5, 5.41) is 12.4. The number of anilines is 1. The van der Waals surface area contributed by atoms with Gasteiger partial charge in [0.25, 0.3) is 0 Å². The molecule has 0 radical (unpaired) electrons. The summed E-state index contributed by atoms with van der Waals surface area (Å²) in [6.45, 7) is 2.02. The molecule has 0 aliphatic rings. The van der Waals surface area contributed by atoms with Gasteiger partial charge in [-0.05, 0) is 43.3 Å². The summed E-state index contributed by atoms with van der Waals surface area (Å²) in [4.78, 5) is 0. The Bertz CT molecular complexity index is 406. The minimum absolute atomic E-state index is 0.115. The zero-order valence-electron chi connectivity index (χ0n) is 8.47. The van der Waals surface area contributed by atoms with Crippen molar-refractivity contribution in [1.29, 1.82) is 0 Å². The zero-order chi connectivity index (χ0) is 10.7. The van der Waals surface area contributed by atoms with Crippen molar-refractivity contribution < 1.29 is 9.52 Å². The molecule has 0 amide bonds. The fourth-order valence-corrected chi connectivity index (χ4v) is 1.42. The Morgan fingerprint density at radius 3 is 2.53 bits per heavy atom. The van der Waals surface area contributed by atoms with Crippen LogP contribution < -0.4 is 5.32 Å². The quantitative estimate of drug-likeness (QED) is 0.753. The molecule has 15 heavy (non-hydrogen) atoms. The summed E-state index contributed by atoms with van der Waals surface area (Å²) in [6, 6.07) is 10.9. The van der Waals surface area contributed by atoms with Crippen molar-refractivity contribution in [3.8, 4) is 5.75 Å². The highest BCUT2D eigenvalue weighted by molar-refractivity contribution is 5.47. The Hall–Kier alpha value is -1.90. The van der Waals surface area contributed by atoms with E-state index in [1.807, 2.05) is 31.2 Å². The molecule has 2 N–H and O–H groups in total. The van der Waals surface area contributed by atoms with Crippen molar-refractivity contribution >= 4 is 5.69 Å². The fourth-order valence-electron chi connectivity index (χ4n) is 1.42. The van der Waals surface area contributed by atoms with Crippen LogP contribution in [0.25, 0.3) is 0 Å². The van der Waals surface area contributed by atoms with Crippen LogP contribution in [0.2, 0.25) is 0 Å². The molecule has 0 aliphatic heterocycles. The Labute approximate surface area is 88.4 Å². The third-order valence-corrected chi connectivity index (χ3v) is 2.22. The SMILES string of the molecule is CC(Nc1ccc(O)cc1)c1ccco1. The number of furan rings is 1. The molecule has 1 aromatic carbocycles. The standard InChI is InChI=1S/C12H13NO2/c1-9(12-3-2-8-15-12)13-10-4-6-11(14)7-5-10/h2-9,13-14H,1H3. The lowest BCUT2D eigenvalue weighted by atomic mass is 10.2. The van der Waals surface area contributed by atoms with Gasteiger partial charge in [0.1, 0.15) is 11.5 Å². The first-order valence-electron chi connectivity index (χ1n) is 4.84. The second-order valence-electron chi connectivity index (χ2n) is 3.43. The molecular formula is C12H13NO2. The highest BCUT2D eigenvalue weighted by atomic mass is 16.3. The molecule has 1 heterocycles. The van der Waals surface area contributed by atoms with Gasteiger partial charge in [0.2, 0.25) is 0 Å². The maximum atomic E-state index is 9.13. The van der Waals surface area contributed by atoms with Gasteiger partial charge in [-0.3, -0.25) is 0 Å². The first kappa shape index (κ1) is 9.65. The maximum Gasteiger partial charge on any atom is 0.125 e. The number of phenolic OH excluding ortho intramolecular Hbond substituents is 1. The van der Waals surface area contributed by atoms with Gasteiger partial charge >= 0.3 is 0 Å². The lowest BCUT2D eigenvalue weighted by molar-refractivity contribution is 0.475. The molecule has 3 nitrogen and oxygen atoms in total. The van der Waals surface area contributed by atoms with Crippen molar-refractivity contribution in [2.45, 2.75) is 13.0 Å². The Morgan fingerprint density at radius 2 is 1.93 bits per heavy atom. The van der Waals surface area contributed by atoms with Crippen LogP contribution in [0.15, 0.2) is 47.1 Å². The van der Waals surface area contributed by atoms with E-state index in [1.54, 1.807) is 18.4 Å². The smallest absolute Gasteiger partial charge is 0.125 e. The van der Waals surface area contributed by atoms with Gasteiger partial charge in [0.05, 0.1) is 12.3 Å². The van der Waals surface area contributed by atoms with Gasteiger partial charge in [-0.1, -0.05) is 0 Å². The van der Waals surface area contributed by atoms with Crippen molar-refractivity contribution in [1.82, 2.24) is 0 Å². The van der Waals surface area contributed by atoms with Gasteiger partial charge < -0.3 is 14.8 Å². The molecule has 0 bridgehead atoms. The van der Waals surface area contributed by atoms with E-state index in [0.717, 1.165) is 11.4 Å². The van der Waals surface area contributed by atoms with Crippen LogP contribution in [-0.2, 0) is 0 Å². The predicted molar refractivity (Wildman–Crippen MR) is 58.9 cm³/mol. The van der Waals surface area contributed by atoms with E-state index in [4.69, 9.17) is 9.52 Å². The summed E-state index contributed by atoms with van der Waals surface area (Å²) in [5.41, 5.74) is 0.955. The van der Waals surface area contributed by atoms with Crippen LogP contribution in [0, 0.1) is 0 Å². The topological polar surface area (TPSA) is 45.4 Å². The largest absolute Gasteiger partial charge is 0.508 e. The molecule has 3 heteroatoms. The highest BCUT2D eigenvalue weighted by Crippen LogP contribution is 2.20.